The lowest BCUT2D eigenvalue weighted by molar-refractivity contribution is 0.123. The zero-order valence-corrected chi connectivity index (χ0v) is 13.7. The van der Waals surface area contributed by atoms with Crippen molar-refractivity contribution in [2.75, 3.05) is 19.8 Å². The molecule has 1 aromatic rings. The molecule has 1 aliphatic carbocycles. The first-order valence-electron chi connectivity index (χ1n) is 6.99. The van der Waals surface area contributed by atoms with Gasteiger partial charge in [0.05, 0.1) is 9.79 Å². The Bertz CT molecular complexity index is 712. The van der Waals surface area contributed by atoms with E-state index in [2.05, 4.69) is 4.72 Å². The van der Waals surface area contributed by atoms with Gasteiger partial charge >= 0.3 is 0 Å². The summed E-state index contributed by atoms with van der Waals surface area (Å²) in [5.41, 5.74) is 0. The van der Waals surface area contributed by atoms with Crippen molar-refractivity contribution in [1.82, 2.24) is 4.72 Å². The third-order valence-electron chi connectivity index (χ3n) is 3.25. The highest BCUT2D eigenvalue weighted by molar-refractivity contribution is 7.90. The van der Waals surface area contributed by atoms with Gasteiger partial charge in [0.1, 0.15) is 0 Å². The molecule has 2 rings (SSSR count). The molecular formula is C13H20N2O5S2. The van der Waals surface area contributed by atoms with Gasteiger partial charge in [0.2, 0.25) is 20.0 Å². The second kappa shape index (κ2) is 7.05. The van der Waals surface area contributed by atoms with Gasteiger partial charge in [0.15, 0.2) is 0 Å². The first-order valence-corrected chi connectivity index (χ1v) is 10.0. The number of rotatable bonds is 9. The van der Waals surface area contributed by atoms with E-state index in [1.54, 1.807) is 0 Å². The van der Waals surface area contributed by atoms with E-state index in [1.807, 2.05) is 0 Å². The molecule has 0 saturated heterocycles. The Morgan fingerprint density at radius 1 is 1.18 bits per heavy atom. The maximum Gasteiger partial charge on any atom is 0.240 e. The SMILES string of the molecule is NS(=O)(=O)c1cccc(S(=O)(=O)NCCCOCC2CC2)c1. The van der Waals surface area contributed by atoms with Crippen LogP contribution in [0.15, 0.2) is 34.1 Å². The topological polar surface area (TPSA) is 116 Å². The summed E-state index contributed by atoms with van der Waals surface area (Å²) in [6.07, 6.45) is 2.99. The van der Waals surface area contributed by atoms with Crippen LogP contribution < -0.4 is 9.86 Å². The molecule has 0 unspecified atom stereocenters. The van der Waals surface area contributed by atoms with Crippen molar-refractivity contribution in [3.8, 4) is 0 Å². The van der Waals surface area contributed by atoms with Gasteiger partial charge in [-0.25, -0.2) is 26.7 Å². The second-order valence-corrected chi connectivity index (χ2v) is 8.62. The molecule has 1 aromatic carbocycles. The van der Waals surface area contributed by atoms with E-state index in [0.29, 0.717) is 18.9 Å². The van der Waals surface area contributed by atoms with Crippen molar-refractivity contribution in [2.24, 2.45) is 11.1 Å². The average molecular weight is 348 g/mol. The van der Waals surface area contributed by atoms with Crippen LogP contribution in [0.1, 0.15) is 19.3 Å². The predicted molar refractivity (Wildman–Crippen MR) is 81.2 cm³/mol. The van der Waals surface area contributed by atoms with Crippen LogP contribution in [0.4, 0.5) is 0 Å². The number of sulfonamides is 2. The van der Waals surface area contributed by atoms with Crippen molar-refractivity contribution in [3.63, 3.8) is 0 Å². The molecule has 0 atom stereocenters. The minimum absolute atomic E-state index is 0.127. The summed E-state index contributed by atoms with van der Waals surface area (Å²) in [7, 11) is -7.69. The highest BCUT2D eigenvalue weighted by atomic mass is 32.2. The van der Waals surface area contributed by atoms with Crippen molar-refractivity contribution in [3.05, 3.63) is 24.3 Å². The maximum atomic E-state index is 12.1. The van der Waals surface area contributed by atoms with E-state index in [4.69, 9.17) is 9.88 Å². The fourth-order valence-electron chi connectivity index (χ4n) is 1.82. The molecule has 0 spiro atoms. The summed E-state index contributed by atoms with van der Waals surface area (Å²) in [6, 6.07) is 4.95. The molecule has 0 bridgehead atoms. The van der Waals surface area contributed by atoms with E-state index in [9.17, 15) is 16.8 Å². The number of hydrogen-bond acceptors (Lipinski definition) is 5. The van der Waals surface area contributed by atoms with Crippen LogP contribution in [-0.2, 0) is 24.8 Å². The lowest BCUT2D eigenvalue weighted by Gasteiger charge is -2.08. The number of hydrogen-bond donors (Lipinski definition) is 2. The first-order chi connectivity index (χ1) is 10.3. The van der Waals surface area contributed by atoms with Crippen LogP contribution in [0.3, 0.4) is 0 Å². The smallest absolute Gasteiger partial charge is 0.240 e. The number of benzene rings is 1. The highest BCUT2D eigenvalue weighted by Crippen LogP contribution is 2.28. The Morgan fingerprint density at radius 2 is 1.86 bits per heavy atom. The summed E-state index contributed by atoms with van der Waals surface area (Å²) in [5, 5.41) is 4.99. The average Bonchev–Trinajstić information content (AvgIpc) is 3.26. The van der Waals surface area contributed by atoms with Crippen molar-refractivity contribution in [2.45, 2.75) is 29.1 Å². The standard InChI is InChI=1S/C13H20N2O5S2/c14-21(16,17)12-3-1-4-13(9-12)22(18,19)15-7-2-8-20-10-11-5-6-11/h1,3-4,9,11,15H,2,5-8,10H2,(H2,14,16,17). The van der Waals surface area contributed by atoms with Crippen LogP contribution in [0.5, 0.6) is 0 Å². The zero-order chi connectivity index (χ0) is 16.2. The van der Waals surface area contributed by atoms with Crippen LogP contribution in [0, 0.1) is 5.92 Å². The Morgan fingerprint density at radius 3 is 2.50 bits per heavy atom. The van der Waals surface area contributed by atoms with E-state index in [-0.39, 0.29) is 16.3 Å². The van der Waals surface area contributed by atoms with Gasteiger partial charge in [-0.1, -0.05) is 6.07 Å². The molecule has 7 nitrogen and oxygen atoms in total. The second-order valence-electron chi connectivity index (χ2n) is 5.29. The highest BCUT2D eigenvalue weighted by Gasteiger charge is 2.21. The molecule has 9 heteroatoms. The molecule has 1 saturated carbocycles. The third kappa shape index (κ3) is 5.33. The maximum absolute atomic E-state index is 12.1. The monoisotopic (exact) mass is 348 g/mol. The number of ether oxygens (including phenoxy) is 1. The first kappa shape index (κ1) is 17.4. The lowest BCUT2D eigenvalue weighted by Crippen LogP contribution is -2.26. The molecule has 3 N–H and O–H groups in total. The zero-order valence-electron chi connectivity index (χ0n) is 12.1. The molecule has 0 aliphatic heterocycles. The molecule has 0 amide bonds. The van der Waals surface area contributed by atoms with Gasteiger partial charge in [-0.2, -0.15) is 0 Å². The fraction of sp³-hybridized carbons (Fsp3) is 0.538. The van der Waals surface area contributed by atoms with Gasteiger partial charge in [-0.3, -0.25) is 0 Å². The van der Waals surface area contributed by atoms with E-state index in [0.717, 1.165) is 12.7 Å². The number of nitrogens with one attached hydrogen (secondary N) is 1. The van der Waals surface area contributed by atoms with E-state index < -0.39 is 20.0 Å². The molecule has 0 radical (unpaired) electrons. The fourth-order valence-corrected chi connectivity index (χ4v) is 3.57. The van der Waals surface area contributed by atoms with Crippen molar-refractivity contribution < 1.29 is 21.6 Å². The predicted octanol–water partition coefficient (Wildman–Crippen LogP) is 0.429. The van der Waals surface area contributed by atoms with Crippen LogP contribution in [0.2, 0.25) is 0 Å². The van der Waals surface area contributed by atoms with Crippen LogP contribution >= 0.6 is 0 Å². The molecule has 22 heavy (non-hydrogen) atoms. The summed E-state index contributed by atoms with van der Waals surface area (Å²) in [5.74, 6) is 0.678. The van der Waals surface area contributed by atoms with Crippen molar-refractivity contribution >= 4 is 20.0 Å². The van der Waals surface area contributed by atoms with Gasteiger partial charge < -0.3 is 4.74 Å². The molecular weight excluding hydrogens is 328 g/mol. The molecule has 0 heterocycles. The minimum Gasteiger partial charge on any atom is -0.381 e. The molecule has 1 aliphatic rings. The Hall–Kier alpha value is -1.00. The normalized spacial score (nSPS) is 15.9. The van der Waals surface area contributed by atoms with Crippen molar-refractivity contribution in [1.29, 1.82) is 0 Å². The number of primary sulfonamides is 1. The van der Waals surface area contributed by atoms with E-state index >= 15 is 0 Å². The van der Waals surface area contributed by atoms with Gasteiger partial charge in [0.25, 0.3) is 0 Å². The Balaban J connectivity index is 1.86. The summed E-state index contributed by atoms with van der Waals surface area (Å²) < 4.78 is 54.5. The van der Waals surface area contributed by atoms with Gasteiger partial charge in [-0.05, 0) is 43.4 Å². The third-order valence-corrected chi connectivity index (χ3v) is 5.62. The van der Waals surface area contributed by atoms with Crippen LogP contribution in [0.25, 0.3) is 0 Å². The van der Waals surface area contributed by atoms with Crippen LogP contribution in [-0.4, -0.2) is 36.6 Å². The van der Waals surface area contributed by atoms with Gasteiger partial charge in [-0.15, -0.1) is 0 Å². The van der Waals surface area contributed by atoms with Gasteiger partial charge in [0, 0.05) is 19.8 Å². The minimum atomic E-state index is -3.93. The molecule has 124 valence electrons. The summed E-state index contributed by atoms with van der Waals surface area (Å²) >= 11 is 0. The molecule has 1 fully saturated rings. The quantitative estimate of drug-likeness (QED) is 0.628. The summed E-state index contributed by atoms with van der Waals surface area (Å²) in [6.45, 7) is 1.46. The Kier molecular flexibility index (Phi) is 5.56. The Labute approximate surface area is 131 Å². The lowest BCUT2D eigenvalue weighted by atomic mass is 10.4. The van der Waals surface area contributed by atoms with E-state index in [1.165, 1.54) is 31.0 Å². The number of nitrogens with two attached hydrogens (primary N) is 1. The summed E-state index contributed by atoms with van der Waals surface area (Å²) in [4.78, 5) is -0.360. The molecule has 0 aromatic heterocycles. The largest absolute Gasteiger partial charge is 0.381 e.